The summed E-state index contributed by atoms with van der Waals surface area (Å²) in [5.74, 6) is 1.33. The molecule has 2 heterocycles. The second-order valence-corrected chi connectivity index (χ2v) is 3.82. The third kappa shape index (κ3) is 1.74. The fourth-order valence-corrected chi connectivity index (χ4v) is 1.96. The number of amides is 1. The molecule has 1 aliphatic rings. The summed E-state index contributed by atoms with van der Waals surface area (Å²) in [6.07, 6.45) is 2.28. The van der Waals surface area contributed by atoms with Crippen LogP contribution in [0.4, 0.5) is 5.82 Å². The summed E-state index contributed by atoms with van der Waals surface area (Å²) in [4.78, 5) is 13.5. The zero-order valence-corrected chi connectivity index (χ0v) is 8.89. The average molecular weight is 208 g/mol. The number of hydrogen-bond acceptors (Lipinski definition) is 3. The molecule has 1 atom stereocenters. The molecule has 0 bridgehead atoms. The zero-order chi connectivity index (χ0) is 10.8. The molecule has 2 N–H and O–H groups in total. The number of nitrogens with two attached hydrogens (primary N) is 1. The highest BCUT2D eigenvalue weighted by Gasteiger charge is 2.31. The van der Waals surface area contributed by atoms with Crippen molar-refractivity contribution in [1.29, 1.82) is 0 Å². The van der Waals surface area contributed by atoms with Gasteiger partial charge in [0.2, 0.25) is 5.91 Å². The van der Waals surface area contributed by atoms with Crippen LogP contribution in [0.25, 0.3) is 0 Å². The van der Waals surface area contributed by atoms with Gasteiger partial charge in [-0.2, -0.15) is 5.10 Å². The van der Waals surface area contributed by atoms with Crippen molar-refractivity contribution < 1.29 is 4.79 Å². The molecule has 0 aromatic carbocycles. The van der Waals surface area contributed by atoms with Crippen molar-refractivity contribution in [3.63, 3.8) is 0 Å². The summed E-state index contributed by atoms with van der Waals surface area (Å²) >= 11 is 0. The van der Waals surface area contributed by atoms with Gasteiger partial charge in [0.25, 0.3) is 0 Å². The highest BCUT2D eigenvalue weighted by molar-refractivity contribution is 5.94. The first-order valence-corrected chi connectivity index (χ1v) is 5.28. The van der Waals surface area contributed by atoms with E-state index < -0.39 is 0 Å². The maximum Gasteiger partial charge on any atom is 0.228 e. The molecule has 0 spiro atoms. The lowest BCUT2D eigenvalue weighted by atomic mass is 10.1. The van der Waals surface area contributed by atoms with Gasteiger partial charge in [0.15, 0.2) is 0 Å². The van der Waals surface area contributed by atoms with Crippen molar-refractivity contribution in [3.8, 4) is 0 Å². The lowest BCUT2D eigenvalue weighted by Gasteiger charge is -2.17. The van der Waals surface area contributed by atoms with Crippen LogP contribution in [-0.2, 0) is 11.3 Å². The van der Waals surface area contributed by atoms with Gasteiger partial charge in [-0.05, 0) is 19.4 Å². The first kappa shape index (κ1) is 10.2. The van der Waals surface area contributed by atoms with Crippen LogP contribution >= 0.6 is 0 Å². The van der Waals surface area contributed by atoms with Crippen LogP contribution in [0, 0.1) is 5.92 Å². The quantitative estimate of drug-likeness (QED) is 0.772. The molecule has 82 valence electrons. The molecule has 2 rings (SSSR count). The second-order valence-electron chi connectivity index (χ2n) is 3.82. The fourth-order valence-electron chi connectivity index (χ4n) is 1.96. The van der Waals surface area contributed by atoms with Crippen LogP contribution in [0.3, 0.4) is 0 Å². The van der Waals surface area contributed by atoms with Crippen molar-refractivity contribution in [3.05, 3.63) is 12.3 Å². The number of carbonyl (C=O) groups is 1. The second kappa shape index (κ2) is 4.02. The van der Waals surface area contributed by atoms with Crippen molar-refractivity contribution in [2.45, 2.75) is 19.9 Å². The van der Waals surface area contributed by atoms with Gasteiger partial charge in [-0.3, -0.25) is 9.69 Å². The highest BCUT2D eigenvalue weighted by Crippen LogP contribution is 2.23. The summed E-state index contributed by atoms with van der Waals surface area (Å²) in [6.45, 7) is 4.08. The van der Waals surface area contributed by atoms with E-state index in [0.717, 1.165) is 18.9 Å². The van der Waals surface area contributed by atoms with Crippen molar-refractivity contribution in [2.24, 2.45) is 11.7 Å². The van der Waals surface area contributed by atoms with E-state index in [0.29, 0.717) is 13.0 Å². The van der Waals surface area contributed by atoms with Crippen LogP contribution < -0.4 is 10.6 Å². The van der Waals surface area contributed by atoms with E-state index >= 15 is 0 Å². The summed E-state index contributed by atoms with van der Waals surface area (Å²) in [5.41, 5.74) is 5.58. The van der Waals surface area contributed by atoms with Crippen LogP contribution in [0.15, 0.2) is 12.3 Å². The van der Waals surface area contributed by atoms with Gasteiger partial charge in [0.05, 0.1) is 6.20 Å². The molecule has 0 saturated carbocycles. The number of aryl methyl sites for hydroxylation is 1. The minimum Gasteiger partial charge on any atom is -0.330 e. The Hall–Kier alpha value is -1.36. The van der Waals surface area contributed by atoms with E-state index in [1.54, 1.807) is 11.1 Å². The molecule has 1 fully saturated rings. The normalized spacial score (nSPS) is 21.3. The fraction of sp³-hybridized carbons (Fsp3) is 0.600. The van der Waals surface area contributed by atoms with Gasteiger partial charge in [-0.15, -0.1) is 0 Å². The van der Waals surface area contributed by atoms with E-state index in [-0.39, 0.29) is 11.8 Å². The molecule has 0 aliphatic carbocycles. The van der Waals surface area contributed by atoms with E-state index in [1.165, 1.54) is 0 Å². The summed E-state index contributed by atoms with van der Waals surface area (Å²) in [7, 11) is 0. The van der Waals surface area contributed by atoms with Gasteiger partial charge in [-0.1, -0.05) is 0 Å². The lowest BCUT2D eigenvalue weighted by molar-refractivity contribution is -0.117. The van der Waals surface area contributed by atoms with E-state index in [9.17, 15) is 4.79 Å². The maximum atomic E-state index is 11.7. The molecule has 1 aliphatic heterocycles. The van der Waals surface area contributed by atoms with E-state index in [4.69, 9.17) is 5.73 Å². The van der Waals surface area contributed by atoms with Crippen molar-refractivity contribution in [2.75, 3.05) is 18.0 Å². The molecule has 1 aromatic heterocycles. The molecule has 1 saturated heterocycles. The Balaban J connectivity index is 2.21. The molecule has 15 heavy (non-hydrogen) atoms. The molecular formula is C10H16N4O. The Labute approximate surface area is 88.8 Å². The SMILES string of the molecule is CCn1nccc1N1CC(CN)CC1=O. The molecule has 5 heteroatoms. The maximum absolute atomic E-state index is 11.7. The van der Waals surface area contributed by atoms with Gasteiger partial charge in [0, 0.05) is 25.6 Å². The molecule has 5 nitrogen and oxygen atoms in total. The van der Waals surface area contributed by atoms with Gasteiger partial charge in [0.1, 0.15) is 5.82 Å². The number of hydrogen-bond donors (Lipinski definition) is 1. The Morgan fingerprint density at radius 3 is 3.07 bits per heavy atom. The molecule has 1 amide bonds. The van der Waals surface area contributed by atoms with Gasteiger partial charge < -0.3 is 5.73 Å². The van der Waals surface area contributed by atoms with Crippen molar-refractivity contribution in [1.82, 2.24) is 9.78 Å². The number of carbonyl (C=O) groups excluding carboxylic acids is 1. The lowest BCUT2D eigenvalue weighted by Crippen LogP contribution is -2.28. The minimum absolute atomic E-state index is 0.153. The standard InChI is InChI=1S/C10H16N4O/c1-2-14-9(3-4-12-14)13-7-8(6-11)5-10(13)15/h3-4,8H,2,5-7,11H2,1H3. The number of aromatic nitrogens is 2. The predicted octanol–water partition coefficient (Wildman–Crippen LogP) is 0.215. The monoisotopic (exact) mass is 208 g/mol. The van der Waals surface area contributed by atoms with Crippen LogP contribution in [0.2, 0.25) is 0 Å². The number of rotatable bonds is 3. The smallest absolute Gasteiger partial charge is 0.228 e. The first-order valence-electron chi connectivity index (χ1n) is 5.28. The Morgan fingerprint density at radius 2 is 2.47 bits per heavy atom. The van der Waals surface area contributed by atoms with Crippen molar-refractivity contribution >= 4 is 11.7 Å². The zero-order valence-electron chi connectivity index (χ0n) is 8.89. The molecule has 0 radical (unpaired) electrons. The Morgan fingerprint density at radius 1 is 1.67 bits per heavy atom. The topological polar surface area (TPSA) is 64.2 Å². The van der Waals surface area contributed by atoms with Gasteiger partial charge in [-0.25, -0.2) is 4.68 Å². The first-order chi connectivity index (χ1) is 7.26. The predicted molar refractivity (Wildman–Crippen MR) is 57.4 cm³/mol. The van der Waals surface area contributed by atoms with E-state index in [1.807, 2.05) is 17.7 Å². The third-order valence-corrected chi connectivity index (χ3v) is 2.81. The summed E-state index contributed by atoms with van der Waals surface area (Å²) in [6, 6.07) is 1.88. The average Bonchev–Trinajstić information content (AvgIpc) is 2.82. The summed E-state index contributed by atoms with van der Waals surface area (Å²) in [5, 5.41) is 4.16. The van der Waals surface area contributed by atoms with Crippen LogP contribution in [0.5, 0.6) is 0 Å². The molecular weight excluding hydrogens is 192 g/mol. The molecule has 1 unspecified atom stereocenters. The Kier molecular flexibility index (Phi) is 2.73. The Bertz CT molecular complexity index is 360. The molecule has 1 aromatic rings. The van der Waals surface area contributed by atoms with E-state index in [2.05, 4.69) is 5.10 Å². The summed E-state index contributed by atoms with van der Waals surface area (Å²) < 4.78 is 1.83. The number of anilines is 1. The minimum atomic E-state index is 0.153. The van der Waals surface area contributed by atoms with Crippen LogP contribution in [-0.4, -0.2) is 28.8 Å². The highest BCUT2D eigenvalue weighted by atomic mass is 16.2. The third-order valence-electron chi connectivity index (χ3n) is 2.81. The number of nitrogens with zero attached hydrogens (tertiary/aromatic N) is 3. The largest absolute Gasteiger partial charge is 0.330 e. The van der Waals surface area contributed by atoms with Gasteiger partial charge >= 0.3 is 0 Å². The van der Waals surface area contributed by atoms with Crippen LogP contribution in [0.1, 0.15) is 13.3 Å².